The second-order valence-corrected chi connectivity index (χ2v) is 13.6. The number of nitrogens with one attached hydrogen (secondary N) is 1. The summed E-state index contributed by atoms with van der Waals surface area (Å²) in [4.78, 5) is 20.3. The summed E-state index contributed by atoms with van der Waals surface area (Å²) in [7, 11) is -2.51. The van der Waals surface area contributed by atoms with E-state index in [9.17, 15) is 13.2 Å². The molecule has 38 heavy (non-hydrogen) atoms. The molecule has 1 aliphatic rings. The zero-order chi connectivity index (χ0) is 28.0. The SMILES string of the molecule is Cc1nn(C)cc1S(=O)(=O)NC(=O)c1ccc(-n2ccc(OCC(C)(C)C)n2)nc1N1C[C@@H](C)CC1(C)C. The number of aromatic nitrogens is 5. The summed E-state index contributed by atoms with van der Waals surface area (Å²) in [6.45, 7) is 15.3. The molecule has 1 saturated heterocycles. The summed E-state index contributed by atoms with van der Waals surface area (Å²) >= 11 is 0. The number of carbonyl (C=O) groups is 1. The number of nitrogens with zero attached hydrogens (tertiary/aromatic N) is 6. The second-order valence-electron chi connectivity index (χ2n) is 11.9. The largest absolute Gasteiger partial charge is 0.476 e. The Morgan fingerprint density at radius 3 is 2.50 bits per heavy atom. The Labute approximate surface area is 224 Å². The molecular weight excluding hydrogens is 506 g/mol. The number of anilines is 1. The molecule has 206 valence electrons. The maximum atomic E-state index is 13.4. The van der Waals surface area contributed by atoms with E-state index in [0.29, 0.717) is 42.3 Å². The molecule has 0 bridgehead atoms. The van der Waals surface area contributed by atoms with Crippen LogP contribution < -0.4 is 14.4 Å². The number of pyridine rings is 1. The Hall–Kier alpha value is -3.41. The Kier molecular flexibility index (Phi) is 7.06. The fourth-order valence-corrected chi connectivity index (χ4v) is 5.97. The Balaban J connectivity index is 1.71. The fraction of sp³-hybridized carbons (Fsp3) is 0.538. The molecule has 0 aliphatic carbocycles. The number of ether oxygens (including phenoxy) is 1. The first-order chi connectivity index (χ1) is 17.6. The molecule has 12 heteroatoms. The van der Waals surface area contributed by atoms with Gasteiger partial charge in [0.1, 0.15) is 10.7 Å². The van der Waals surface area contributed by atoms with Crippen molar-refractivity contribution in [1.82, 2.24) is 29.3 Å². The molecule has 0 spiro atoms. The quantitative estimate of drug-likeness (QED) is 0.480. The van der Waals surface area contributed by atoms with Crippen molar-refractivity contribution in [2.45, 2.75) is 65.3 Å². The van der Waals surface area contributed by atoms with Crippen molar-refractivity contribution in [1.29, 1.82) is 0 Å². The molecule has 1 fully saturated rings. The molecule has 1 aliphatic heterocycles. The third-order valence-corrected chi connectivity index (χ3v) is 7.81. The summed E-state index contributed by atoms with van der Waals surface area (Å²) < 4.78 is 37.1. The molecule has 0 aromatic carbocycles. The van der Waals surface area contributed by atoms with Crippen LogP contribution in [-0.2, 0) is 17.1 Å². The highest BCUT2D eigenvalue weighted by atomic mass is 32.2. The highest BCUT2D eigenvalue weighted by Gasteiger charge is 2.39. The van der Waals surface area contributed by atoms with Gasteiger partial charge in [-0.3, -0.25) is 9.48 Å². The first-order valence-electron chi connectivity index (χ1n) is 12.6. The van der Waals surface area contributed by atoms with Gasteiger partial charge < -0.3 is 9.64 Å². The predicted molar refractivity (Wildman–Crippen MR) is 144 cm³/mol. The van der Waals surface area contributed by atoms with Crippen molar-refractivity contribution >= 4 is 21.7 Å². The average Bonchev–Trinajstić information content (AvgIpc) is 3.47. The lowest BCUT2D eigenvalue weighted by molar-refractivity contribution is 0.0981. The first kappa shape index (κ1) is 27.6. The lowest BCUT2D eigenvalue weighted by Gasteiger charge is -2.34. The second kappa shape index (κ2) is 9.72. The van der Waals surface area contributed by atoms with Crippen LogP contribution in [0.5, 0.6) is 5.88 Å². The monoisotopic (exact) mass is 543 g/mol. The smallest absolute Gasteiger partial charge is 0.268 e. The number of sulfonamides is 1. The Morgan fingerprint density at radius 2 is 1.92 bits per heavy atom. The van der Waals surface area contributed by atoms with E-state index in [1.54, 1.807) is 43.0 Å². The minimum Gasteiger partial charge on any atom is -0.476 e. The van der Waals surface area contributed by atoms with Crippen LogP contribution in [0.2, 0.25) is 0 Å². The number of rotatable bonds is 7. The van der Waals surface area contributed by atoms with Crippen molar-refractivity contribution < 1.29 is 17.9 Å². The third-order valence-electron chi connectivity index (χ3n) is 6.37. The zero-order valence-electron chi connectivity index (χ0n) is 23.3. The highest BCUT2D eigenvalue weighted by molar-refractivity contribution is 7.90. The predicted octanol–water partition coefficient (Wildman–Crippen LogP) is 3.48. The van der Waals surface area contributed by atoms with Crippen molar-refractivity contribution in [2.75, 3.05) is 18.1 Å². The summed E-state index contributed by atoms with van der Waals surface area (Å²) in [5.74, 6) is 0.976. The first-order valence-corrected chi connectivity index (χ1v) is 14.1. The Morgan fingerprint density at radius 1 is 1.21 bits per heavy atom. The standard InChI is InChI=1S/C26H37N7O4S/c1-17-13-26(6,7)32(14-17)23-19(24(34)30-38(35,36)20-15-31(8)28-18(20)2)9-10-21(27-23)33-12-11-22(29-33)37-16-25(3,4)5/h9-12,15,17H,13-14,16H2,1-8H3,(H,30,34)/t17-/m0/s1. The molecule has 1 amide bonds. The highest BCUT2D eigenvalue weighted by Crippen LogP contribution is 2.37. The number of aryl methyl sites for hydroxylation is 2. The van der Waals surface area contributed by atoms with Gasteiger partial charge in [-0.2, -0.15) is 5.10 Å². The van der Waals surface area contributed by atoms with Crippen LogP contribution >= 0.6 is 0 Å². The van der Waals surface area contributed by atoms with Crippen LogP contribution in [0, 0.1) is 18.3 Å². The molecule has 1 N–H and O–H groups in total. The number of carbonyl (C=O) groups excluding carboxylic acids is 1. The van der Waals surface area contributed by atoms with Gasteiger partial charge >= 0.3 is 0 Å². The van der Waals surface area contributed by atoms with Gasteiger partial charge in [-0.25, -0.2) is 22.8 Å². The maximum Gasteiger partial charge on any atom is 0.268 e. The van der Waals surface area contributed by atoms with Gasteiger partial charge in [0.15, 0.2) is 5.82 Å². The average molecular weight is 544 g/mol. The molecule has 1 atom stereocenters. The molecule has 11 nitrogen and oxygen atoms in total. The zero-order valence-corrected chi connectivity index (χ0v) is 24.1. The van der Waals surface area contributed by atoms with Gasteiger partial charge in [-0.15, -0.1) is 5.10 Å². The van der Waals surface area contributed by atoms with E-state index in [2.05, 4.69) is 61.4 Å². The normalized spacial score (nSPS) is 17.6. The van der Waals surface area contributed by atoms with Crippen LogP contribution in [0.1, 0.15) is 64.0 Å². The third kappa shape index (κ3) is 5.85. The van der Waals surface area contributed by atoms with Crippen LogP contribution in [0.4, 0.5) is 5.82 Å². The van der Waals surface area contributed by atoms with Gasteiger partial charge in [0.25, 0.3) is 15.9 Å². The van der Waals surface area contributed by atoms with Crippen molar-refractivity contribution in [3.8, 4) is 11.7 Å². The number of hydrogen-bond acceptors (Lipinski definition) is 8. The van der Waals surface area contributed by atoms with Gasteiger partial charge in [0.2, 0.25) is 5.88 Å². The van der Waals surface area contributed by atoms with Gasteiger partial charge in [0, 0.05) is 37.6 Å². The summed E-state index contributed by atoms with van der Waals surface area (Å²) in [5, 5.41) is 8.58. The number of hydrogen-bond donors (Lipinski definition) is 1. The van der Waals surface area contributed by atoms with Crippen LogP contribution in [-0.4, -0.2) is 57.6 Å². The lowest BCUT2D eigenvalue weighted by atomic mass is 9.97. The molecule has 0 radical (unpaired) electrons. The van der Waals surface area contributed by atoms with Crippen LogP contribution in [0.25, 0.3) is 5.82 Å². The van der Waals surface area contributed by atoms with Crippen molar-refractivity contribution in [2.24, 2.45) is 18.4 Å². The summed E-state index contributed by atoms with van der Waals surface area (Å²) in [5.41, 5.74) is 0.164. The summed E-state index contributed by atoms with van der Waals surface area (Å²) in [6.07, 6.45) is 4.02. The van der Waals surface area contributed by atoms with Crippen LogP contribution in [0.3, 0.4) is 0 Å². The van der Waals surface area contributed by atoms with E-state index < -0.39 is 15.9 Å². The molecule has 4 heterocycles. The molecule has 4 rings (SSSR count). The summed E-state index contributed by atoms with van der Waals surface area (Å²) in [6, 6.07) is 5.00. The van der Waals surface area contributed by atoms with Gasteiger partial charge in [0.05, 0.1) is 17.9 Å². The Bertz CT molecular complexity index is 1450. The topological polar surface area (TPSA) is 124 Å². The van der Waals surface area contributed by atoms with E-state index in [1.165, 1.54) is 10.9 Å². The van der Waals surface area contributed by atoms with Crippen LogP contribution in [0.15, 0.2) is 35.5 Å². The van der Waals surface area contributed by atoms with Gasteiger partial charge in [-0.05, 0) is 50.7 Å². The lowest BCUT2D eigenvalue weighted by Crippen LogP contribution is -2.41. The minimum atomic E-state index is -4.14. The van der Waals surface area contributed by atoms with Gasteiger partial charge in [-0.1, -0.05) is 27.7 Å². The van der Waals surface area contributed by atoms with Crippen molar-refractivity contribution in [3.05, 3.63) is 41.9 Å². The molecule has 0 saturated carbocycles. The maximum absolute atomic E-state index is 13.4. The minimum absolute atomic E-state index is 0.0169. The molecular formula is C26H37N7O4S. The van der Waals surface area contributed by atoms with E-state index in [0.717, 1.165) is 6.42 Å². The number of amides is 1. The van der Waals surface area contributed by atoms with E-state index in [-0.39, 0.29) is 21.4 Å². The van der Waals surface area contributed by atoms with Crippen molar-refractivity contribution in [3.63, 3.8) is 0 Å². The molecule has 0 unspecified atom stereocenters. The molecule has 3 aromatic heterocycles. The fourth-order valence-electron chi connectivity index (χ4n) is 4.78. The van der Waals surface area contributed by atoms with E-state index in [4.69, 9.17) is 9.72 Å². The molecule has 3 aromatic rings. The van der Waals surface area contributed by atoms with E-state index >= 15 is 0 Å². The van der Waals surface area contributed by atoms with E-state index in [1.807, 2.05) is 0 Å².